The van der Waals surface area contributed by atoms with E-state index in [0.717, 1.165) is 10.0 Å². The Bertz CT molecular complexity index is 296. The molecule has 12 heavy (non-hydrogen) atoms. The highest BCUT2D eigenvalue weighted by Gasteiger charge is 2.14. The first kappa shape index (κ1) is 8.99. The smallest absolute Gasteiger partial charge is 0.357 e. The molecular weight excluding hydrogens is 176 g/mol. The lowest BCUT2D eigenvalue weighted by Gasteiger charge is -1.93. The number of esters is 1. The molecule has 1 N–H and O–H groups in total. The molecule has 0 atom stereocenters. The Hall–Kier alpha value is -1.10. The van der Waals surface area contributed by atoms with Crippen molar-refractivity contribution >= 4 is 22.4 Å². The second-order valence-electron chi connectivity index (χ2n) is 2.17. The molecule has 5 heteroatoms. The molecule has 0 saturated heterocycles. The molecule has 0 spiro atoms. The van der Waals surface area contributed by atoms with Gasteiger partial charge in [-0.15, -0.1) is 11.3 Å². The van der Waals surface area contributed by atoms with Crippen LogP contribution in [0.4, 0.5) is 5.13 Å². The van der Waals surface area contributed by atoms with E-state index in [1.54, 1.807) is 7.05 Å². The maximum Gasteiger partial charge on any atom is 0.357 e. The molecule has 0 aliphatic heterocycles. The van der Waals surface area contributed by atoms with Crippen LogP contribution in [0.15, 0.2) is 0 Å². The van der Waals surface area contributed by atoms with Crippen LogP contribution in [-0.4, -0.2) is 25.1 Å². The zero-order valence-electron chi connectivity index (χ0n) is 7.17. The number of hydrogen-bond acceptors (Lipinski definition) is 5. The van der Waals surface area contributed by atoms with Crippen molar-refractivity contribution in [1.29, 1.82) is 0 Å². The van der Waals surface area contributed by atoms with Gasteiger partial charge in [0.2, 0.25) is 0 Å². The van der Waals surface area contributed by atoms with Gasteiger partial charge in [-0.05, 0) is 6.92 Å². The first-order chi connectivity index (χ1) is 5.69. The van der Waals surface area contributed by atoms with Gasteiger partial charge in [0, 0.05) is 11.9 Å². The van der Waals surface area contributed by atoms with Gasteiger partial charge in [-0.2, -0.15) is 0 Å². The van der Waals surface area contributed by atoms with Crippen LogP contribution in [0.2, 0.25) is 0 Å². The molecule has 0 aromatic carbocycles. The minimum Gasteiger partial charge on any atom is -0.464 e. The SMILES string of the molecule is CNc1nc(C(=O)OC)c(C)s1. The number of anilines is 1. The summed E-state index contributed by atoms with van der Waals surface area (Å²) in [6, 6.07) is 0. The van der Waals surface area contributed by atoms with Crippen LogP contribution >= 0.6 is 11.3 Å². The number of carbonyl (C=O) groups excluding carboxylic acids is 1. The molecule has 1 rings (SSSR count). The van der Waals surface area contributed by atoms with E-state index in [1.165, 1.54) is 18.4 Å². The number of carbonyl (C=O) groups is 1. The molecule has 0 amide bonds. The number of nitrogens with one attached hydrogen (secondary N) is 1. The molecule has 1 aromatic heterocycles. The van der Waals surface area contributed by atoms with Crippen molar-refractivity contribution in [3.63, 3.8) is 0 Å². The van der Waals surface area contributed by atoms with Gasteiger partial charge in [-0.3, -0.25) is 0 Å². The monoisotopic (exact) mass is 186 g/mol. The van der Waals surface area contributed by atoms with Crippen LogP contribution in [0, 0.1) is 6.92 Å². The van der Waals surface area contributed by atoms with Gasteiger partial charge >= 0.3 is 5.97 Å². The Morgan fingerprint density at radius 2 is 2.33 bits per heavy atom. The van der Waals surface area contributed by atoms with Crippen molar-refractivity contribution in [3.05, 3.63) is 10.6 Å². The van der Waals surface area contributed by atoms with Gasteiger partial charge in [-0.1, -0.05) is 0 Å². The van der Waals surface area contributed by atoms with E-state index in [4.69, 9.17) is 0 Å². The predicted molar refractivity (Wildman–Crippen MR) is 47.7 cm³/mol. The highest BCUT2D eigenvalue weighted by atomic mass is 32.1. The summed E-state index contributed by atoms with van der Waals surface area (Å²) in [6.07, 6.45) is 0. The topological polar surface area (TPSA) is 51.2 Å². The van der Waals surface area contributed by atoms with E-state index in [1.807, 2.05) is 6.92 Å². The van der Waals surface area contributed by atoms with Crippen LogP contribution in [0.25, 0.3) is 0 Å². The van der Waals surface area contributed by atoms with Gasteiger partial charge in [0.05, 0.1) is 7.11 Å². The molecule has 0 unspecified atom stereocenters. The largest absolute Gasteiger partial charge is 0.464 e. The average Bonchev–Trinajstić information content (AvgIpc) is 2.45. The van der Waals surface area contributed by atoms with Crippen LogP contribution < -0.4 is 5.32 Å². The second kappa shape index (κ2) is 3.53. The summed E-state index contributed by atoms with van der Waals surface area (Å²) in [6.45, 7) is 1.84. The third-order valence-corrected chi connectivity index (χ3v) is 2.38. The fourth-order valence-corrected chi connectivity index (χ4v) is 1.54. The van der Waals surface area contributed by atoms with E-state index < -0.39 is 0 Å². The van der Waals surface area contributed by atoms with Crippen molar-refractivity contribution in [2.45, 2.75) is 6.92 Å². The fraction of sp³-hybridized carbons (Fsp3) is 0.429. The third-order valence-electron chi connectivity index (χ3n) is 1.39. The number of aromatic nitrogens is 1. The quantitative estimate of drug-likeness (QED) is 0.707. The lowest BCUT2D eigenvalue weighted by molar-refractivity contribution is 0.0594. The molecule has 4 nitrogen and oxygen atoms in total. The number of methoxy groups -OCH3 is 1. The summed E-state index contributed by atoms with van der Waals surface area (Å²) in [4.78, 5) is 16.0. The summed E-state index contributed by atoms with van der Waals surface area (Å²) in [7, 11) is 3.11. The standard InChI is InChI=1S/C7H10N2O2S/c1-4-5(6(10)11-3)9-7(8-2)12-4/h1-3H3,(H,8,9). The minimum absolute atomic E-state index is 0.384. The zero-order chi connectivity index (χ0) is 9.14. The van der Waals surface area contributed by atoms with Gasteiger partial charge in [-0.25, -0.2) is 9.78 Å². The van der Waals surface area contributed by atoms with E-state index in [9.17, 15) is 4.79 Å². The molecular formula is C7H10N2O2S. The van der Waals surface area contributed by atoms with Crippen LogP contribution in [0.1, 0.15) is 15.4 Å². The second-order valence-corrected chi connectivity index (χ2v) is 3.37. The number of aryl methyl sites for hydroxylation is 1. The van der Waals surface area contributed by atoms with Gasteiger partial charge in [0.15, 0.2) is 10.8 Å². The number of hydrogen-bond donors (Lipinski definition) is 1. The Balaban J connectivity index is 2.99. The molecule has 0 radical (unpaired) electrons. The van der Waals surface area contributed by atoms with Crippen molar-refractivity contribution in [1.82, 2.24) is 4.98 Å². The summed E-state index contributed by atoms with van der Waals surface area (Å²) >= 11 is 1.43. The zero-order valence-corrected chi connectivity index (χ0v) is 7.99. The summed E-state index contributed by atoms with van der Waals surface area (Å²) in [5.74, 6) is -0.384. The summed E-state index contributed by atoms with van der Waals surface area (Å²) in [5.41, 5.74) is 0.395. The molecule has 0 saturated carbocycles. The maximum absolute atomic E-state index is 11.1. The first-order valence-corrected chi connectivity index (χ1v) is 4.24. The molecule has 0 aliphatic carbocycles. The number of thiazole rings is 1. The van der Waals surface area contributed by atoms with Crippen molar-refractivity contribution in [3.8, 4) is 0 Å². The van der Waals surface area contributed by atoms with E-state index in [2.05, 4.69) is 15.0 Å². The number of ether oxygens (including phenoxy) is 1. The molecule has 0 bridgehead atoms. The van der Waals surface area contributed by atoms with Crippen molar-refractivity contribution < 1.29 is 9.53 Å². The van der Waals surface area contributed by atoms with Crippen molar-refractivity contribution in [2.75, 3.05) is 19.5 Å². The maximum atomic E-state index is 11.1. The highest BCUT2D eigenvalue weighted by molar-refractivity contribution is 7.15. The molecule has 1 aromatic rings. The van der Waals surface area contributed by atoms with Crippen molar-refractivity contribution in [2.24, 2.45) is 0 Å². The normalized spacial score (nSPS) is 9.58. The molecule has 66 valence electrons. The Morgan fingerprint density at radius 3 is 2.75 bits per heavy atom. The molecule has 0 aliphatic rings. The minimum atomic E-state index is -0.384. The lowest BCUT2D eigenvalue weighted by atomic mass is 10.4. The lowest BCUT2D eigenvalue weighted by Crippen LogP contribution is -2.03. The summed E-state index contributed by atoms with van der Waals surface area (Å²) < 4.78 is 4.55. The predicted octanol–water partition coefficient (Wildman–Crippen LogP) is 1.28. The van der Waals surface area contributed by atoms with Crippen LogP contribution in [-0.2, 0) is 4.74 Å². The van der Waals surface area contributed by atoms with E-state index in [-0.39, 0.29) is 5.97 Å². The Kier molecular flexibility index (Phi) is 2.65. The third kappa shape index (κ3) is 1.55. The number of nitrogens with zero attached hydrogens (tertiary/aromatic N) is 1. The first-order valence-electron chi connectivity index (χ1n) is 3.42. The Labute approximate surface area is 74.6 Å². The van der Waals surface area contributed by atoms with Gasteiger partial charge < -0.3 is 10.1 Å². The fourth-order valence-electron chi connectivity index (χ4n) is 0.789. The van der Waals surface area contributed by atoms with Crippen LogP contribution in [0.5, 0.6) is 0 Å². The molecule has 0 fully saturated rings. The van der Waals surface area contributed by atoms with E-state index in [0.29, 0.717) is 5.69 Å². The van der Waals surface area contributed by atoms with E-state index >= 15 is 0 Å². The van der Waals surface area contributed by atoms with Gasteiger partial charge in [0.25, 0.3) is 0 Å². The highest BCUT2D eigenvalue weighted by Crippen LogP contribution is 2.21. The van der Waals surface area contributed by atoms with Crippen LogP contribution in [0.3, 0.4) is 0 Å². The molecule has 1 heterocycles. The summed E-state index contributed by atoms with van der Waals surface area (Å²) in [5, 5.41) is 3.60. The van der Waals surface area contributed by atoms with Gasteiger partial charge in [0.1, 0.15) is 0 Å². The Morgan fingerprint density at radius 1 is 1.67 bits per heavy atom. The number of rotatable bonds is 2. The average molecular weight is 186 g/mol.